The van der Waals surface area contributed by atoms with Gasteiger partial charge in [-0.1, -0.05) is 53.5 Å². The molecule has 7 nitrogen and oxygen atoms in total. The van der Waals surface area contributed by atoms with Crippen LogP contribution in [0.25, 0.3) is 28.0 Å². The Morgan fingerprint density at radius 2 is 1.94 bits per heavy atom. The van der Waals surface area contributed by atoms with Crippen LogP contribution in [0.1, 0.15) is 12.8 Å². The van der Waals surface area contributed by atoms with Crippen molar-refractivity contribution >= 4 is 46.0 Å². The Morgan fingerprint density at radius 3 is 2.68 bits per heavy atom. The highest BCUT2D eigenvalue weighted by molar-refractivity contribution is 6.42. The quantitative estimate of drug-likeness (QED) is 0.442. The molecule has 5 rings (SSSR count). The number of nitrogens with one attached hydrogen (secondary N) is 1. The standard InChI is InChI=1S/C22H20Cl2N6O/c23-16-9-8-14(11-17(16)24)30-20(25)18-19(13-5-2-1-3-6-13)27-22(28-21(18)29-30)26-12-15-7-4-10-31-15/h1-3,5-6,8-9,11,15H,4,7,10,12,25H2,(H,26,28,29). The van der Waals surface area contributed by atoms with Crippen molar-refractivity contribution in [3.63, 3.8) is 0 Å². The van der Waals surface area contributed by atoms with Gasteiger partial charge in [0.05, 0.1) is 32.9 Å². The fraction of sp³-hybridized carbons (Fsp3) is 0.227. The smallest absolute Gasteiger partial charge is 0.225 e. The predicted octanol–water partition coefficient (Wildman–Crippen LogP) is 4.96. The summed E-state index contributed by atoms with van der Waals surface area (Å²) in [5.41, 5.74) is 9.35. The summed E-state index contributed by atoms with van der Waals surface area (Å²) in [4.78, 5) is 9.39. The number of aromatic nitrogens is 4. The van der Waals surface area contributed by atoms with Gasteiger partial charge in [0.1, 0.15) is 5.82 Å². The van der Waals surface area contributed by atoms with Crippen LogP contribution in [0.15, 0.2) is 48.5 Å². The van der Waals surface area contributed by atoms with Crippen LogP contribution >= 0.6 is 23.2 Å². The Hall–Kier alpha value is -2.87. The Morgan fingerprint density at radius 1 is 1.10 bits per heavy atom. The average Bonchev–Trinajstić information content (AvgIpc) is 3.42. The Kier molecular flexibility index (Phi) is 5.40. The lowest BCUT2D eigenvalue weighted by atomic mass is 10.1. The van der Waals surface area contributed by atoms with Crippen LogP contribution in [0.2, 0.25) is 10.0 Å². The van der Waals surface area contributed by atoms with Crippen LogP contribution in [0.4, 0.5) is 11.8 Å². The van der Waals surface area contributed by atoms with Crippen molar-refractivity contribution < 1.29 is 4.74 Å². The first-order valence-electron chi connectivity index (χ1n) is 10.0. The Bertz CT molecular complexity index is 1240. The molecule has 0 spiro atoms. The maximum Gasteiger partial charge on any atom is 0.225 e. The summed E-state index contributed by atoms with van der Waals surface area (Å²) in [6.45, 7) is 1.44. The Labute approximate surface area is 189 Å². The number of rotatable bonds is 5. The third-order valence-electron chi connectivity index (χ3n) is 5.28. The number of nitrogen functional groups attached to an aromatic ring is 1. The number of nitrogens with zero attached hydrogens (tertiary/aromatic N) is 4. The molecule has 1 aliphatic heterocycles. The summed E-state index contributed by atoms with van der Waals surface area (Å²) >= 11 is 12.3. The van der Waals surface area contributed by atoms with Crippen molar-refractivity contribution in [2.75, 3.05) is 24.2 Å². The summed E-state index contributed by atoms with van der Waals surface area (Å²) in [7, 11) is 0. The van der Waals surface area contributed by atoms with Gasteiger partial charge in [-0.05, 0) is 31.0 Å². The molecule has 31 heavy (non-hydrogen) atoms. The van der Waals surface area contributed by atoms with Crippen molar-refractivity contribution in [2.24, 2.45) is 0 Å². The molecule has 0 aliphatic carbocycles. The summed E-state index contributed by atoms with van der Waals surface area (Å²) in [6.07, 6.45) is 2.27. The van der Waals surface area contributed by atoms with E-state index < -0.39 is 0 Å². The van der Waals surface area contributed by atoms with Gasteiger partial charge < -0.3 is 15.8 Å². The molecule has 158 valence electrons. The molecule has 1 saturated heterocycles. The molecule has 2 aromatic carbocycles. The van der Waals surface area contributed by atoms with Crippen molar-refractivity contribution in [3.8, 4) is 16.9 Å². The Balaban J connectivity index is 1.63. The first-order chi connectivity index (χ1) is 15.1. The van der Waals surface area contributed by atoms with E-state index >= 15 is 0 Å². The minimum Gasteiger partial charge on any atom is -0.383 e. The molecular formula is C22H20Cl2N6O. The van der Waals surface area contributed by atoms with Gasteiger partial charge in [0.2, 0.25) is 5.95 Å². The number of fused-ring (bicyclic) bond motifs is 1. The summed E-state index contributed by atoms with van der Waals surface area (Å²) in [5, 5.41) is 9.51. The average molecular weight is 455 g/mol. The molecule has 1 fully saturated rings. The van der Waals surface area contributed by atoms with E-state index in [2.05, 4.69) is 15.4 Å². The van der Waals surface area contributed by atoms with Crippen LogP contribution in [-0.4, -0.2) is 39.0 Å². The second kappa shape index (κ2) is 8.34. The van der Waals surface area contributed by atoms with Crippen LogP contribution in [0.5, 0.6) is 0 Å². The van der Waals surface area contributed by atoms with Crippen LogP contribution < -0.4 is 11.1 Å². The molecule has 1 atom stereocenters. The zero-order valence-electron chi connectivity index (χ0n) is 16.6. The van der Waals surface area contributed by atoms with Crippen molar-refractivity contribution in [3.05, 3.63) is 58.6 Å². The lowest BCUT2D eigenvalue weighted by Gasteiger charge is -2.12. The van der Waals surface area contributed by atoms with Gasteiger partial charge in [0, 0.05) is 18.7 Å². The van der Waals surface area contributed by atoms with Gasteiger partial charge in [-0.15, -0.1) is 5.10 Å². The topological polar surface area (TPSA) is 90.9 Å². The van der Waals surface area contributed by atoms with E-state index in [-0.39, 0.29) is 6.10 Å². The minimum atomic E-state index is 0.165. The van der Waals surface area contributed by atoms with E-state index in [1.54, 1.807) is 16.8 Å². The SMILES string of the molecule is Nc1c2c(-c3ccccc3)nc(NCC3CCCO3)nc2nn1-c1ccc(Cl)c(Cl)c1. The lowest BCUT2D eigenvalue weighted by molar-refractivity contribution is 0.120. The molecule has 4 aromatic rings. The molecule has 0 radical (unpaired) electrons. The van der Waals surface area contributed by atoms with E-state index in [9.17, 15) is 0 Å². The third kappa shape index (κ3) is 3.92. The van der Waals surface area contributed by atoms with Crippen molar-refractivity contribution in [1.82, 2.24) is 19.7 Å². The number of nitrogens with two attached hydrogens (primary N) is 1. The maximum absolute atomic E-state index is 6.52. The highest BCUT2D eigenvalue weighted by Crippen LogP contribution is 2.34. The number of hydrogen-bond acceptors (Lipinski definition) is 6. The first kappa shape index (κ1) is 20.1. The summed E-state index contributed by atoms with van der Waals surface area (Å²) in [6, 6.07) is 15.1. The highest BCUT2D eigenvalue weighted by Gasteiger charge is 2.21. The highest BCUT2D eigenvalue weighted by atomic mass is 35.5. The van der Waals surface area contributed by atoms with Crippen LogP contribution in [-0.2, 0) is 4.74 Å². The number of hydrogen-bond donors (Lipinski definition) is 2. The molecule has 0 bridgehead atoms. The molecule has 1 unspecified atom stereocenters. The molecule has 0 saturated carbocycles. The van der Waals surface area contributed by atoms with E-state index in [0.29, 0.717) is 50.8 Å². The van der Waals surface area contributed by atoms with E-state index in [0.717, 1.165) is 25.0 Å². The monoisotopic (exact) mass is 454 g/mol. The summed E-state index contributed by atoms with van der Waals surface area (Å²) in [5.74, 6) is 0.915. The van der Waals surface area contributed by atoms with Crippen molar-refractivity contribution in [2.45, 2.75) is 18.9 Å². The predicted molar refractivity (Wildman–Crippen MR) is 124 cm³/mol. The van der Waals surface area contributed by atoms with E-state index in [1.165, 1.54) is 0 Å². The fourth-order valence-corrected chi connectivity index (χ4v) is 4.01. The second-order valence-corrected chi connectivity index (χ2v) is 8.19. The van der Waals surface area contributed by atoms with Gasteiger partial charge in [0.25, 0.3) is 0 Å². The number of anilines is 2. The van der Waals surface area contributed by atoms with Gasteiger partial charge >= 0.3 is 0 Å². The zero-order valence-corrected chi connectivity index (χ0v) is 18.1. The van der Waals surface area contributed by atoms with E-state index in [4.69, 9.17) is 38.7 Å². The molecule has 3 N–H and O–H groups in total. The van der Waals surface area contributed by atoms with Gasteiger partial charge in [-0.25, -0.2) is 9.67 Å². The molecule has 3 heterocycles. The van der Waals surface area contributed by atoms with Crippen LogP contribution in [0.3, 0.4) is 0 Å². The second-order valence-electron chi connectivity index (χ2n) is 7.37. The molecular weight excluding hydrogens is 435 g/mol. The molecule has 0 amide bonds. The number of ether oxygens (including phenoxy) is 1. The first-order valence-corrected chi connectivity index (χ1v) is 10.8. The van der Waals surface area contributed by atoms with Crippen LogP contribution in [0, 0.1) is 0 Å². The molecule has 2 aromatic heterocycles. The lowest BCUT2D eigenvalue weighted by Crippen LogP contribution is -2.19. The third-order valence-corrected chi connectivity index (χ3v) is 6.01. The fourth-order valence-electron chi connectivity index (χ4n) is 3.72. The van der Waals surface area contributed by atoms with Gasteiger partial charge in [-0.3, -0.25) is 0 Å². The normalized spacial score (nSPS) is 16.1. The zero-order chi connectivity index (χ0) is 21.4. The van der Waals surface area contributed by atoms with Gasteiger partial charge in [0.15, 0.2) is 5.65 Å². The van der Waals surface area contributed by atoms with Gasteiger partial charge in [-0.2, -0.15) is 4.98 Å². The summed E-state index contributed by atoms with van der Waals surface area (Å²) < 4.78 is 7.31. The minimum absolute atomic E-state index is 0.165. The van der Waals surface area contributed by atoms with E-state index in [1.807, 2.05) is 36.4 Å². The number of benzene rings is 2. The largest absolute Gasteiger partial charge is 0.383 e. The molecule has 1 aliphatic rings. The molecule has 9 heteroatoms. The number of halogens is 2. The maximum atomic E-state index is 6.52. The van der Waals surface area contributed by atoms with Crippen molar-refractivity contribution in [1.29, 1.82) is 0 Å².